The number of aliphatic hydroxyl groups excluding tert-OH is 1. The zero-order chi connectivity index (χ0) is 15.8. The fraction of sp³-hybridized carbons (Fsp3) is 0.231. The van der Waals surface area contributed by atoms with Crippen molar-refractivity contribution in [3.8, 4) is 6.07 Å². The lowest BCUT2D eigenvalue weighted by Gasteiger charge is -2.03. The Hall–Kier alpha value is -2.37. The number of amides is 1. The van der Waals surface area contributed by atoms with Crippen LogP contribution in [0.2, 0.25) is 0 Å². The van der Waals surface area contributed by atoms with Gasteiger partial charge in [-0.1, -0.05) is 6.07 Å². The zero-order valence-electron chi connectivity index (χ0n) is 11.2. The van der Waals surface area contributed by atoms with Gasteiger partial charge < -0.3 is 10.4 Å². The highest BCUT2D eigenvalue weighted by molar-refractivity contribution is 7.99. The lowest BCUT2D eigenvalue weighted by atomic mass is 10.1. The van der Waals surface area contributed by atoms with Gasteiger partial charge in [0.15, 0.2) is 0 Å². The number of hydrogen-bond donors (Lipinski definition) is 2. The van der Waals surface area contributed by atoms with Crippen LogP contribution in [0.5, 0.6) is 0 Å². The zero-order valence-corrected chi connectivity index (χ0v) is 12.0. The molecular weight excluding hydrogens is 294 g/mol. The Kier molecular flexibility index (Phi) is 6.39. The molecule has 1 amide bonds. The Morgan fingerprint density at radius 2 is 2.33 bits per heavy atom. The van der Waals surface area contributed by atoms with Crippen molar-refractivity contribution in [2.45, 2.75) is 4.90 Å². The van der Waals surface area contributed by atoms with Gasteiger partial charge >= 0.3 is 0 Å². The van der Waals surface area contributed by atoms with Gasteiger partial charge in [0.25, 0.3) is 11.6 Å². The SMILES string of the molecule is CNC(=O)/C(C#N)=C\c1ccc(SCCO)c([N+](=O)[O-])c1. The highest BCUT2D eigenvalue weighted by Gasteiger charge is 2.15. The molecule has 1 aromatic rings. The smallest absolute Gasteiger partial charge is 0.283 e. The van der Waals surface area contributed by atoms with Gasteiger partial charge in [0.05, 0.1) is 16.4 Å². The number of thioether (sulfide) groups is 1. The Morgan fingerprint density at radius 1 is 1.62 bits per heavy atom. The number of aliphatic hydroxyl groups is 1. The molecule has 0 bridgehead atoms. The maximum absolute atomic E-state index is 11.4. The van der Waals surface area contributed by atoms with Gasteiger partial charge in [-0.25, -0.2) is 0 Å². The second-order valence-electron chi connectivity index (χ2n) is 3.81. The van der Waals surface area contributed by atoms with Gasteiger partial charge in [-0.05, 0) is 17.7 Å². The summed E-state index contributed by atoms with van der Waals surface area (Å²) in [6.07, 6.45) is 1.28. The highest BCUT2D eigenvalue weighted by Crippen LogP contribution is 2.30. The normalized spacial score (nSPS) is 10.8. The molecule has 0 fully saturated rings. The molecule has 0 atom stereocenters. The summed E-state index contributed by atoms with van der Waals surface area (Å²) < 4.78 is 0. The van der Waals surface area contributed by atoms with Crippen molar-refractivity contribution in [2.24, 2.45) is 0 Å². The standard InChI is InChI=1S/C13H13N3O4S/c1-15-13(18)10(8-14)6-9-2-3-12(21-5-4-17)11(7-9)16(19)20/h2-3,6-7,17H,4-5H2,1H3,(H,15,18)/b10-6-. The van der Waals surface area contributed by atoms with Gasteiger partial charge in [0.1, 0.15) is 11.6 Å². The summed E-state index contributed by atoms with van der Waals surface area (Å²) in [7, 11) is 1.39. The minimum Gasteiger partial charge on any atom is -0.396 e. The number of carbonyl (C=O) groups excluding carboxylic acids is 1. The number of rotatable bonds is 6. The maximum Gasteiger partial charge on any atom is 0.283 e. The van der Waals surface area contributed by atoms with Crippen LogP contribution in [0.15, 0.2) is 28.7 Å². The van der Waals surface area contributed by atoms with Crippen molar-refractivity contribution < 1.29 is 14.8 Å². The number of benzene rings is 1. The quantitative estimate of drug-likeness (QED) is 0.269. The van der Waals surface area contributed by atoms with Crippen LogP contribution < -0.4 is 5.32 Å². The van der Waals surface area contributed by atoms with Crippen molar-refractivity contribution in [3.63, 3.8) is 0 Å². The summed E-state index contributed by atoms with van der Waals surface area (Å²) in [5.74, 6) is -0.212. The van der Waals surface area contributed by atoms with Crippen LogP contribution >= 0.6 is 11.8 Å². The molecule has 8 heteroatoms. The Bertz CT molecular complexity index is 622. The number of nitro benzene ring substituents is 1. The molecule has 0 saturated carbocycles. The summed E-state index contributed by atoms with van der Waals surface area (Å²) in [5.41, 5.74) is 0.120. The molecule has 21 heavy (non-hydrogen) atoms. The van der Waals surface area contributed by atoms with E-state index in [1.165, 1.54) is 25.3 Å². The number of likely N-dealkylation sites (N-methyl/N-ethyl adjacent to an activating group) is 1. The van der Waals surface area contributed by atoms with E-state index in [9.17, 15) is 14.9 Å². The number of nitrogens with zero attached hydrogens (tertiary/aromatic N) is 2. The topological polar surface area (TPSA) is 116 Å². The van der Waals surface area contributed by atoms with Crippen LogP contribution in [-0.2, 0) is 4.79 Å². The van der Waals surface area contributed by atoms with E-state index in [2.05, 4.69) is 5.32 Å². The van der Waals surface area contributed by atoms with E-state index >= 15 is 0 Å². The van der Waals surface area contributed by atoms with Crippen molar-refractivity contribution in [1.29, 1.82) is 5.26 Å². The van der Waals surface area contributed by atoms with E-state index in [1.807, 2.05) is 0 Å². The Labute approximate surface area is 125 Å². The number of nitro groups is 1. The predicted molar refractivity (Wildman–Crippen MR) is 78.6 cm³/mol. The molecule has 0 aromatic heterocycles. The summed E-state index contributed by atoms with van der Waals surface area (Å²) in [6.45, 7) is -0.0846. The highest BCUT2D eigenvalue weighted by atomic mass is 32.2. The summed E-state index contributed by atoms with van der Waals surface area (Å²) >= 11 is 1.16. The van der Waals surface area contributed by atoms with Gasteiger partial charge in [0, 0.05) is 18.9 Å². The number of nitriles is 1. The molecule has 7 nitrogen and oxygen atoms in total. The van der Waals surface area contributed by atoms with E-state index in [4.69, 9.17) is 10.4 Å². The van der Waals surface area contributed by atoms with Gasteiger partial charge in [-0.15, -0.1) is 11.8 Å². The molecule has 1 aromatic carbocycles. The first-order chi connectivity index (χ1) is 10.0. The van der Waals surface area contributed by atoms with Crippen LogP contribution in [0.4, 0.5) is 5.69 Å². The summed E-state index contributed by atoms with van der Waals surface area (Å²) in [6, 6.07) is 6.14. The predicted octanol–water partition coefficient (Wildman–Crippen LogP) is 1.33. The van der Waals surface area contributed by atoms with E-state index in [-0.39, 0.29) is 17.9 Å². The third-order valence-corrected chi connectivity index (χ3v) is 3.47. The second kappa shape index (κ2) is 8.04. The van der Waals surface area contributed by atoms with Crippen LogP contribution in [0.1, 0.15) is 5.56 Å². The number of carbonyl (C=O) groups is 1. The van der Waals surface area contributed by atoms with Crippen molar-refractivity contribution in [2.75, 3.05) is 19.4 Å². The van der Waals surface area contributed by atoms with Crippen LogP contribution in [0.3, 0.4) is 0 Å². The van der Waals surface area contributed by atoms with Crippen molar-refractivity contribution in [3.05, 3.63) is 39.4 Å². The molecular formula is C13H13N3O4S. The fourth-order valence-electron chi connectivity index (χ4n) is 1.49. The van der Waals surface area contributed by atoms with E-state index in [0.717, 1.165) is 11.8 Å². The third kappa shape index (κ3) is 4.59. The molecule has 0 heterocycles. The second-order valence-corrected chi connectivity index (χ2v) is 4.94. The molecule has 0 saturated heterocycles. The minimum absolute atomic E-state index is 0.0846. The number of nitrogens with one attached hydrogen (secondary N) is 1. The Morgan fingerprint density at radius 3 is 2.86 bits per heavy atom. The minimum atomic E-state index is -0.557. The first-order valence-corrected chi connectivity index (χ1v) is 6.88. The Balaban J connectivity index is 3.19. The third-order valence-electron chi connectivity index (χ3n) is 2.43. The first-order valence-electron chi connectivity index (χ1n) is 5.89. The monoisotopic (exact) mass is 307 g/mol. The lowest BCUT2D eigenvalue weighted by Crippen LogP contribution is -2.19. The molecule has 0 unspecified atom stereocenters. The molecule has 0 aliphatic rings. The number of hydrogen-bond acceptors (Lipinski definition) is 6. The molecule has 110 valence electrons. The van der Waals surface area contributed by atoms with Crippen LogP contribution in [0.25, 0.3) is 6.08 Å². The molecule has 0 spiro atoms. The van der Waals surface area contributed by atoms with E-state index in [1.54, 1.807) is 12.1 Å². The van der Waals surface area contributed by atoms with Gasteiger partial charge in [-0.2, -0.15) is 5.26 Å². The van der Waals surface area contributed by atoms with Gasteiger partial charge in [0.2, 0.25) is 0 Å². The molecule has 2 N–H and O–H groups in total. The largest absolute Gasteiger partial charge is 0.396 e. The average molecular weight is 307 g/mol. The lowest BCUT2D eigenvalue weighted by molar-refractivity contribution is -0.387. The van der Waals surface area contributed by atoms with Crippen LogP contribution in [-0.4, -0.2) is 35.3 Å². The first kappa shape index (κ1) is 16.7. The molecule has 1 rings (SSSR count). The van der Waals surface area contributed by atoms with E-state index in [0.29, 0.717) is 16.2 Å². The summed E-state index contributed by atoms with van der Waals surface area (Å²) in [5, 5.41) is 31.0. The van der Waals surface area contributed by atoms with Crippen molar-refractivity contribution in [1.82, 2.24) is 5.32 Å². The average Bonchev–Trinajstić information content (AvgIpc) is 2.50. The molecule has 0 aliphatic carbocycles. The molecule has 0 aliphatic heterocycles. The van der Waals surface area contributed by atoms with E-state index < -0.39 is 10.8 Å². The van der Waals surface area contributed by atoms with Crippen molar-refractivity contribution >= 4 is 29.4 Å². The van der Waals surface area contributed by atoms with Gasteiger partial charge in [-0.3, -0.25) is 14.9 Å². The van der Waals surface area contributed by atoms with Crippen LogP contribution in [0, 0.1) is 21.4 Å². The summed E-state index contributed by atoms with van der Waals surface area (Å²) in [4.78, 5) is 22.3. The molecule has 0 radical (unpaired) electrons. The fourth-order valence-corrected chi connectivity index (χ4v) is 2.25. The maximum atomic E-state index is 11.4.